The average Bonchev–Trinajstić information content (AvgIpc) is 2.56. The third-order valence-corrected chi connectivity index (χ3v) is 4.33. The van der Waals surface area contributed by atoms with Crippen molar-refractivity contribution in [2.75, 3.05) is 32.8 Å². The SMILES string of the molecule is C[C@@H]1CNCCN1C(=O)c1ccc(OC2CCOCC2)cc1. The van der Waals surface area contributed by atoms with Gasteiger partial charge < -0.3 is 19.7 Å². The highest BCUT2D eigenvalue weighted by molar-refractivity contribution is 5.94. The maximum atomic E-state index is 12.6. The number of piperazine rings is 1. The first-order valence-electron chi connectivity index (χ1n) is 8.10. The van der Waals surface area contributed by atoms with Gasteiger partial charge in [0.05, 0.1) is 13.2 Å². The van der Waals surface area contributed by atoms with Crippen LogP contribution in [0.15, 0.2) is 24.3 Å². The summed E-state index contributed by atoms with van der Waals surface area (Å²) < 4.78 is 11.3. The summed E-state index contributed by atoms with van der Waals surface area (Å²) in [7, 11) is 0. The van der Waals surface area contributed by atoms with Crippen molar-refractivity contribution < 1.29 is 14.3 Å². The van der Waals surface area contributed by atoms with Crippen molar-refractivity contribution in [3.8, 4) is 5.75 Å². The van der Waals surface area contributed by atoms with E-state index in [0.717, 1.165) is 57.0 Å². The number of hydrogen-bond donors (Lipinski definition) is 1. The van der Waals surface area contributed by atoms with Gasteiger partial charge in [-0.15, -0.1) is 0 Å². The van der Waals surface area contributed by atoms with Gasteiger partial charge in [-0.05, 0) is 31.2 Å². The normalized spacial score (nSPS) is 23.3. The first-order valence-corrected chi connectivity index (χ1v) is 8.10. The predicted molar refractivity (Wildman–Crippen MR) is 84.3 cm³/mol. The van der Waals surface area contributed by atoms with Crippen molar-refractivity contribution in [1.82, 2.24) is 10.2 Å². The summed E-state index contributed by atoms with van der Waals surface area (Å²) in [6.07, 6.45) is 2.08. The Bertz CT molecular complexity index is 497. The van der Waals surface area contributed by atoms with Gasteiger partial charge in [-0.2, -0.15) is 0 Å². The summed E-state index contributed by atoms with van der Waals surface area (Å²) in [5.74, 6) is 0.934. The van der Waals surface area contributed by atoms with E-state index in [9.17, 15) is 4.79 Å². The van der Waals surface area contributed by atoms with E-state index in [4.69, 9.17) is 9.47 Å². The van der Waals surface area contributed by atoms with Crippen LogP contribution in [-0.2, 0) is 4.74 Å². The van der Waals surface area contributed by atoms with Crippen molar-refractivity contribution in [2.45, 2.75) is 31.9 Å². The first kappa shape index (κ1) is 15.3. The second kappa shape index (κ2) is 7.11. The van der Waals surface area contributed by atoms with Crippen molar-refractivity contribution in [3.05, 3.63) is 29.8 Å². The Morgan fingerprint density at radius 1 is 1.27 bits per heavy atom. The smallest absolute Gasteiger partial charge is 0.254 e. The number of carbonyl (C=O) groups excluding carboxylic acids is 1. The molecule has 2 aliphatic heterocycles. The average molecular weight is 304 g/mol. The zero-order chi connectivity index (χ0) is 15.4. The van der Waals surface area contributed by atoms with Crippen LogP contribution in [-0.4, -0.2) is 55.8 Å². The molecule has 1 amide bonds. The lowest BCUT2D eigenvalue weighted by Gasteiger charge is -2.34. The number of amides is 1. The Hall–Kier alpha value is -1.59. The fourth-order valence-electron chi connectivity index (χ4n) is 2.97. The summed E-state index contributed by atoms with van der Waals surface area (Å²) in [5.41, 5.74) is 0.730. The zero-order valence-electron chi connectivity index (χ0n) is 13.1. The van der Waals surface area contributed by atoms with Crippen molar-refractivity contribution in [3.63, 3.8) is 0 Å². The molecule has 2 fully saturated rings. The molecule has 2 aliphatic rings. The molecule has 120 valence electrons. The quantitative estimate of drug-likeness (QED) is 0.923. The van der Waals surface area contributed by atoms with Crippen LogP contribution in [0.3, 0.4) is 0 Å². The van der Waals surface area contributed by atoms with Gasteiger partial charge in [-0.1, -0.05) is 0 Å². The fourth-order valence-corrected chi connectivity index (χ4v) is 2.97. The van der Waals surface area contributed by atoms with E-state index in [1.54, 1.807) is 0 Å². The fraction of sp³-hybridized carbons (Fsp3) is 0.588. The van der Waals surface area contributed by atoms with E-state index in [2.05, 4.69) is 12.2 Å². The second-order valence-corrected chi connectivity index (χ2v) is 6.01. The molecule has 1 N–H and O–H groups in total. The monoisotopic (exact) mass is 304 g/mol. The van der Waals surface area contributed by atoms with Crippen LogP contribution in [0.25, 0.3) is 0 Å². The number of nitrogens with zero attached hydrogens (tertiary/aromatic N) is 1. The van der Waals surface area contributed by atoms with Crippen LogP contribution < -0.4 is 10.1 Å². The molecule has 0 unspecified atom stereocenters. The standard InChI is InChI=1S/C17H24N2O3/c1-13-12-18-8-9-19(13)17(20)14-2-4-15(5-3-14)22-16-6-10-21-11-7-16/h2-5,13,16,18H,6-12H2,1H3/t13-/m1/s1. The minimum absolute atomic E-state index is 0.103. The molecule has 0 aliphatic carbocycles. The van der Waals surface area contributed by atoms with Crippen LogP contribution in [0.1, 0.15) is 30.1 Å². The van der Waals surface area contributed by atoms with Gasteiger partial charge in [0.2, 0.25) is 0 Å². The summed E-state index contributed by atoms with van der Waals surface area (Å²) in [6.45, 7) is 6.09. The van der Waals surface area contributed by atoms with Gasteiger partial charge >= 0.3 is 0 Å². The molecule has 3 rings (SSSR count). The molecule has 0 radical (unpaired) electrons. The number of carbonyl (C=O) groups is 1. The van der Waals surface area contributed by atoms with Gasteiger partial charge in [-0.25, -0.2) is 0 Å². The molecule has 2 heterocycles. The summed E-state index contributed by atoms with van der Waals surface area (Å²) in [5, 5.41) is 3.30. The first-order chi connectivity index (χ1) is 10.7. The third kappa shape index (κ3) is 3.59. The Kier molecular flexibility index (Phi) is 4.95. The number of ether oxygens (including phenoxy) is 2. The largest absolute Gasteiger partial charge is 0.490 e. The number of rotatable bonds is 3. The Labute approximate surface area is 131 Å². The van der Waals surface area contributed by atoms with E-state index in [-0.39, 0.29) is 18.1 Å². The van der Waals surface area contributed by atoms with Gasteiger partial charge in [0, 0.05) is 44.1 Å². The molecule has 5 nitrogen and oxygen atoms in total. The van der Waals surface area contributed by atoms with Gasteiger partial charge in [0.15, 0.2) is 0 Å². The Balaban J connectivity index is 1.61. The molecule has 0 bridgehead atoms. The topological polar surface area (TPSA) is 50.8 Å². The van der Waals surface area contributed by atoms with E-state index in [1.165, 1.54) is 0 Å². The van der Waals surface area contributed by atoms with E-state index < -0.39 is 0 Å². The predicted octanol–water partition coefficient (Wildman–Crippen LogP) is 1.68. The number of benzene rings is 1. The summed E-state index contributed by atoms with van der Waals surface area (Å²) in [4.78, 5) is 14.5. The van der Waals surface area contributed by atoms with E-state index >= 15 is 0 Å². The maximum absolute atomic E-state index is 12.6. The number of nitrogens with one attached hydrogen (secondary N) is 1. The maximum Gasteiger partial charge on any atom is 0.254 e. The van der Waals surface area contributed by atoms with Crippen LogP contribution >= 0.6 is 0 Å². The minimum atomic E-state index is 0.103. The Morgan fingerprint density at radius 2 is 2.00 bits per heavy atom. The molecule has 2 saturated heterocycles. The van der Waals surface area contributed by atoms with Crippen LogP contribution in [0.2, 0.25) is 0 Å². The van der Waals surface area contributed by atoms with Crippen LogP contribution in [0.5, 0.6) is 5.75 Å². The minimum Gasteiger partial charge on any atom is -0.490 e. The van der Waals surface area contributed by atoms with Gasteiger partial charge in [0.25, 0.3) is 5.91 Å². The molecule has 0 spiro atoms. The highest BCUT2D eigenvalue weighted by atomic mass is 16.5. The molecule has 22 heavy (non-hydrogen) atoms. The lowest BCUT2D eigenvalue weighted by atomic mass is 10.1. The zero-order valence-corrected chi connectivity index (χ0v) is 13.1. The highest BCUT2D eigenvalue weighted by Crippen LogP contribution is 2.20. The van der Waals surface area contributed by atoms with E-state index in [1.807, 2.05) is 29.2 Å². The Morgan fingerprint density at radius 3 is 2.68 bits per heavy atom. The lowest BCUT2D eigenvalue weighted by Crippen LogP contribution is -2.52. The van der Waals surface area contributed by atoms with Crippen LogP contribution in [0.4, 0.5) is 0 Å². The van der Waals surface area contributed by atoms with Crippen molar-refractivity contribution in [1.29, 1.82) is 0 Å². The summed E-state index contributed by atoms with van der Waals surface area (Å²) >= 11 is 0. The number of hydrogen-bond acceptors (Lipinski definition) is 4. The van der Waals surface area contributed by atoms with Crippen LogP contribution in [0, 0.1) is 0 Å². The lowest BCUT2D eigenvalue weighted by molar-refractivity contribution is 0.0255. The highest BCUT2D eigenvalue weighted by Gasteiger charge is 2.24. The van der Waals surface area contributed by atoms with Crippen molar-refractivity contribution >= 4 is 5.91 Å². The van der Waals surface area contributed by atoms with Crippen molar-refractivity contribution in [2.24, 2.45) is 0 Å². The molecule has 1 aromatic rings. The van der Waals surface area contributed by atoms with Gasteiger partial charge in [-0.3, -0.25) is 4.79 Å². The molecule has 0 saturated carbocycles. The molecular formula is C17H24N2O3. The van der Waals surface area contributed by atoms with E-state index in [0.29, 0.717) is 0 Å². The third-order valence-electron chi connectivity index (χ3n) is 4.33. The van der Waals surface area contributed by atoms with Gasteiger partial charge in [0.1, 0.15) is 11.9 Å². The molecule has 1 aromatic carbocycles. The molecule has 5 heteroatoms. The molecular weight excluding hydrogens is 280 g/mol. The molecule has 0 aromatic heterocycles. The summed E-state index contributed by atoms with van der Waals surface area (Å²) in [6, 6.07) is 7.77. The molecule has 1 atom stereocenters. The second-order valence-electron chi connectivity index (χ2n) is 6.01.